The molecule has 0 saturated carbocycles. The summed E-state index contributed by atoms with van der Waals surface area (Å²) in [6.45, 7) is 1.68. The van der Waals surface area contributed by atoms with E-state index in [1.165, 1.54) is 0 Å². The molecule has 5 rings (SSSR count). The number of amides is 1. The number of carbonyl (C=O) groups excluding carboxylic acids is 1. The standard InChI is InChI=1S/C22H20N4O2/c1-25-11-6-12-26(21-20(25)23-17-8-3-4-9-18(17)24-21)22(27)16-13-15-7-2-5-10-19(15)28-14-16/h2-5,7-10,13H,6,11-12,14H2,1H3. The summed E-state index contributed by atoms with van der Waals surface area (Å²) in [7, 11) is 2.00. The van der Waals surface area contributed by atoms with Gasteiger partial charge in [0.15, 0.2) is 11.6 Å². The second-order valence-electron chi connectivity index (χ2n) is 7.09. The molecule has 2 aliphatic heterocycles. The maximum atomic E-state index is 13.4. The fraction of sp³-hybridized carbons (Fsp3) is 0.227. The monoisotopic (exact) mass is 372 g/mol. The second kappa shape index (κ2) is 6.64. The number of ether oxygens (including phenoxy) is 1. The van der Waals surface area contributed by atoms with Gasteiger partial charge in [0, 0.05) is 25.7 Å². The van der Waals surface area contributed by atoms with Gasteiger partial charge in [-0.1, -0.05) is 30.3 Å². The lowest BCUT2D eigenvalue weighted by Gasteiger charge is -2.25. The molecule has 0 N–H and O–H groups in total. The zero-order valence-corrected chi connectivity index (χ0v) is 15.6. The van der Waals surface area contributed by atoms with Gasteiger partial charge in [0.25, 0.3) is 5.91 Å². The number of rotatable bonds is 1. The minimum atomic E-state index is -0.0735. The van der Waals surface area contributed by atoms with Gasteiger partial charge in [-0.2, -0.15) is 0 Å². The number of carbonyl (C=O) groups is 1. The Morgan fingerprint density at radius 1 is 0.964 bits per heavy atom. The van der Waals surface area contributed by atoms with Gasteiger partial charge in [-0.25, -0.2) is 9.97 Å². The van der Waals surface area contributed by atoms with Crippen molar-refractivity contribution in [3.63, 3.8) is 0 Å². The molecule has 1 aromatic heterocycles. The molecule has 0 fully saturated rings. The second-order valence-corrected chi connectivity index (χ2v) is 7.09. The van der Waals surface area contributed by atoms with Gasteiger partial charge in [0.2, 0.25) is 0 Å². The lowest BCUT2D eigenvalue weighted by molar-refractivity contribution is -0.115. The molecular formula is C22H20N4O2. The summed E-state index contributed by atoms with van der Waals surface area (Å²) in [5.41, 5.74) is 3.17. The van der Waals surface area contributed by atoms with Gasteiger partial charge in [0.05, 0.1) is 16.6 Å². The highest BCUT2D eigenvalue weighted by atomic mass is 16.5. The Labute approximate surface area is 163 Å². The Hall–Kier alpha value is -3.41. The molecule has 0 atom stereocenters. The number of anilines is 2. The SMILES string of the molecule is CN1CCCN(C(=O)C2=Cc3ccccc3OC2)c2nc3ccccc3nc21. The number of para-hydroxylation sites is 3. The molecule has 2 aliphatic rings. The Kier molecular flexibility index (Phi) is 3.97. The topological polar surface area (TPSA) is 58.6 Å². The van der Waals surface area contributed by atoms with E-state index in [4.69, 9.17) is 14.7 Å². The van der Waals surface area contributed by atoms with Crippen LogP contribution >= 0.6 is 0 Å². The van der Waals surface area contributed by atoms with Crippen LogP contribution in [0.1, 0.15) is 12.0 Å². The first-order valence-corrected chi connectivity index (χ1v) is 9.43. The summed E-state index contributed by atoms with van der Waals surface area (Å²) in [4.78, 5) is 26.8. The van der Waals surface area contributed by atoms with E-state index >= 15 is 0 Å². The van der Waals surface area contributed by atoms with Gasteiger partial charge < -0.3 is 9.64 Å². The van der Waals surface area contributed by atoms with Crippen LogP contribution in [0.5, 0.6) is 5.75 Å². The van der Waals surface area contributed by atoms with Crippen molar-refractivity contribution in [3.8, 4) is 5.75 Å². The number of hydrogen-bond acceptors (Lipinski definition) is 5. The maximum Gasteiger partial charge on any atom is 0.258 e. The molecule has 6 nitrogen and oxygen atoms in total. The number of aromatic nitrogens is 2. The van der Waals surface area contributed by atoms with E-state index in [9.17, 15) is 4.79 Å². The highest BCUT2D eigenvalue weighted by Crippen LogP contribution is 2.32. The first-order chi connectivity index (χ1) is 13.7. The minimum absolute atomic E-state index is 0.0735. The Morgan fingerprint density at radius 3 is 2.50 bits per heavy atom. The summed E-state index contributed by atoms with van der Waals surface area (Å²) in [6, 6.07) is 15.5. The molecule has 2 aromatic carbocycles. The number of fused-ring (bicyclic) bond motifs is 3. The van der Waals surface area contributed by atoms with Crippen LogP contribution in [0.15, 0.2) is 54.1 Å². The molecule has 0 aliphatic carbocycles. The van der Waals surface area contributed by atoms with Crippen molar-refractivity contribution in [3.05, 3.63) is 59.7 Å². The summed E-state index contributed by atoms with van der Waals surface area (Å²) in [6.07, 6.45) is 2.77. The molecule has 3 heterocycles. The van der Waals surface area contributed by atoms with Crippen LogP contribution in [0.4, 0.5) is 11.6 Å². The lowest BCUT2D eigenvalue weighted by Crippen LogP contribution is -2.35. The molecule has 140 valence electrons. The molecule has 0 bridgehead atoms. The average Bonchev–Trinajstić information content (AvgIpc) is 2.90. The number of benzene rings is 2. The summed E-state index contributed by atoms with van der Waals surface area (Å²) in [5.74, 6) is 2.09. The smallest absolute Gasteiger partial charge is 0.258 e. The largest absolute Gasteiger partial charge is 0.488 e. The van der Waals surface area contributed by atoms with E-state index in [-0.39, 0.29) is 12.5 Å². The highest BCUT2D eigenvalue weighted by Gasteiger charge is 2.29. The Morgan fingerprint density at radius 2 is 1.68 bits per heavy atom. The van der Waals surface area contributed by atoms with E-state index < -0.39 is 0 Å². The van der Waals surface area contributed by atoms with E-state index in [1.54, 1.807) is 4.90 Å². The fourth-order valence-electron chi connectivity index (χ4n) is 3.71. The Balaban J connectivity index is 1.59. The third-order valence-electron chi connectivity index (χ3n) is 5.18. The maximum absolute atomic E-state index is 13.4. The molecule has 0 radical (unpaired) electrons. The quantitative estimate of drug-likeness (QED) is 0.656. The van der Waals surface area contributed by atoms with Crippen LogP contribution in [0, 0.1) is 0 Å². The number of hydrogen-bond donors (Lipinski definition) is 0. The van der Waals surface area contributed by atoms with Crippen LogP contribution in [0.2, 0.25) is 0 Å². The first-order valence-electron chi connectivity index (χ1n) is 9.43. The molecular weight excluding hydrogens is 352 g/mol. The molecule has 0 saturated heterocycles. The van der Waals surface area contributed by atoms with Gasteiger partial charge >= 0.3 is 0 Å². The van der Waals surface area contributed by atoms with Crippen molar-refractivity contribution in [2.45, 2.75) is 6.42 Å². The molecule has 1 amide bonds. The predicted octanol–water partition coefficient (Wildman–Crippen LogP) is 3.28. The van der Waals surface area contributed by atoms with Crippen LogP contribution in [0.3, 0.4) is 0 Å². The molecule has 0 spiro atoms. The predicted molar refractivity (Wildman–Crippen MR) is 110 cm³/mol. The highest BCUT2D eigenvalue weighted by molar-refractivity contribution is 6.10. The van der Waals surface area contributed by atoms with E-state index in [0.717, 1.165) is 41.1 Å². The van der Waals surface area contributed by atoms with E-state index in [1.807, 2.05) is 61.7 Å². The third-order valence-corrected chi connectivity index (χ3v) is 5.18. The zero-order valence-electron chi connectivity index (χ0n) is 15.6. The van der Waals surface area contributed by atoms with Crippen molar-refractivity contribution >= 4 is 34.7 Å². The van der Waals surface area contributed by atoms with Gasteiger partial charge in [0.1, 0.15) is 12.4 Å². The van der Waals surface area contributed by atoms with Crippen molar-refractivity contribution < 1.29 is 9.53 Å². The van der Waals surface area contributed by atoms with Crippen molar-refractivity contribution in [2.75, 3.05) is 36.5 Å². The summed E-state index contributed by atoms with van der Waals surface area (Å²) < 4.78 is 5.80. The number of nitrogens with zero attached hydrogens (tertiary/aromatic N) is 4. The first kappa shape index (κ1) is 16.7. The van der Waals surface area contributed by atoms with Crippen LogP contribution in [-0.4, -0.2) is 42.6 Å². The summed E-state index contributed by atoms with van der Waals surface area (Å²) in [5, 5.41) is 0. The normalized spacial score (nSPS) is 16.0. The van der Waals surface area contributed by atoms with Crippen LogP contribution in [0.25, 0.3) is 17.1 Å². The average molecular weight is 372 g/mol. The molecule has 3 aromatic rings. The molecule has 6 heteroatoms. The fourth-order valence-corrected chi connectivity index (χ4v) is 3.71. The summed E-state index contributed by atoms with van der Waals surface area (Å²) >= 11 is 0. The van der Waals surface area contributed by atoms with Gasteiger partial charge in [-0.05, 0) is 30.7 Å². The van der Waals surface area contributed by atoms with Crippen LogP contribution < -0.4 is 14.5 Å². The van der Waals surface area contributed by atoms with Gasteiger partial charge in [-0.3, -0.25) is 9.69 Å². The third kappa shape index (κ3) is 2.78. The molecule has 28 heavy (non-hydrogen) atoms. The minimum Gasteiger partial charge on any atom is -0.488 e. The molecule has 0 unspecified atom stereocenters. The zero-order chi connectivity index (χ0) is 19.1. The van der Waals surface area contributed by atoms with Crippen molar-refractivity contribution in [2.24, 2.45) is 0 Å². The van der Waals surface area contributed by atoms with Crippen LogP contribution in [-0.2, 0) is 4.79 Å². The van der Waals surface area contributed by atoms with Crippen molar-refractivity contribution in [1.29, 1.82) is 0 Å². The van der Waals surface area contributed by atoms with E-state index in [2.05, 4.69) is 4.90 Å². The van der Waals surface area contributed by atoms with Gasteiger partial charge in [-0.15, -0.1) is 0 Å². The Bertz CT molecular complexity index is 1110. The van der Waals surface area contributed by atoms with E-state index in [0.29, 0.717) is 17.9 Å². The van der Waals surface area contributed by atoms with Crippen molar-refractivity contribution in [1.82, 2.24) is 9.97 Å². The lowest BCUT2D eigenvalue weighted by atomic mass is 10.1.